The Balaban J connectivity index is 1.51. The molecule has 2 heterocycles. The minimum atomic E-state index is 0.591. The second kappa shape index (κ2) is 11.6. The number of hydrogen-bond donors (Lipinski definition) is 2. The van der Waals surface area contributed by atoms with Gasteiger partial charge in [0.2, 0.25) is 0 Å². The molecule has 3 rings (SSSR count). The van der Waals surface area contributed by atoms with Crippen LogP contribution in [0.25, 0.3) is 0 Å². The van der Waals surface area contributed by atoms with Crippen molar-refractivity contribution in [3.63, 3.8) is 0 Å². The van der Waals surface area contributed by atoms with E-state index in [1.807, 2.05) is 11.3 Å². The summed E-state index contributed by atoms with van der Waals surface area (Å²) in [6.45, 7) is 6.77. The molecule has 0 bridgehead atoms. The van der Waals surface area contributed by atoms with E-state index in [9.17, 15) is 0 Å². The highest BCUT2D eigenvalue weighted by Gasteiger charge is 2.23. The Hall–Kier alpha value is -1.54. The lowest BCUT2D eigenvalue weighted by atomic mass is 10.2. The zero-order chi connectivity index (χ0) is 20.5. The molecule has 1 fully saturated rings. The molecule has 0 radical (unpaired) electrons. The maximum Gasteiger partial charge on any atom is 0.191 e. The minimum absolute atomic E-state index is 0.591. The molecule has 0 aromatic carbocycles. The predicted molar refractivity (Wildman–Crippen MR) is 124 cm³/mol. The van der Waals surface area contributed by atoms with E-state index in [1.165, 1.54) is 35.4 Å². The smallest absolute Gasteiger partial charge is 0.191 e. The van der Waals surface area contributed by atoms with Gasteiger partial charge in [0.25, 0.3) is 0 Å². The van der Waals surface area contributed by atoms with Crippen molar-refractivity contribution in [1.29, 1.82) is 0 Å². The number of nitrogens with one attached hydrogen (secondary N) is 2. The number of aromatic nitrogens is 3. The predicted octanol–water partition coefficient (Wildman–Crippen LogP) is 4.43. The summed E-state index contributed by atoms with van der Waals surface area (Å²) in [5, 5.41) is 16.8. The van der Waals surface area contributed by atoms with Crippen LogP contribution in [-0.2, 0) is 19.4 Å². The largest absolute Gasteiger partial charge is 0.357 e. The Morgan fingerprint density at radius 3 is 2.69 bits per heavy atom. The van der Waals surface area contributed by atoms with Crippen LogP contribution in [0, 0.1) is 0 Å². The van der Waals surface area contributed by atoms with Crippen LogP contribution in [0.1, 0.15) is 67.6 Å². The molecule has 0 unspecified atom stereocenters. The molecule has 2 aromatic rings. The summed E-state index contributed by atoms with van der Waals surface area (Å²) in [6, 6.07) is 4.99. The van der Waals surface area contributed by atoms with Crippen LogP contribution in [0.4, 0.5) is 0 Å². The third kappa shape index (κ3) is 6.22. The van der Waals surface area contributed by atoms with Crippen LogP contribution >= 0.6 is 23.1 Å². The van der Waals surface area contributed by atoms with E-state index >= 15 is 0 Å². The third-order valence-corrected chi connectivity index (χ3v) is 7.14. The van der Waals surface area contributed by atoms with Gasteiger partial charge in [-0.25, -0.2) is 4.99 Å². The molecule has 0 saturated heterocycles. The number of rotatable bonds is 10. The number of hydrogen-bond acceptors (Lipinski definition) is 5. The fourth-order valence-electron chi connectivity index (χ4n) is 3.80. The molecular weight excluding hydrogens is 400 g/mol. The Labute approximate surface area is 183 Å². The number of guanidine groups is 1. The highest BCUT2D eigenvalue weighted by molar-refractivity contribution is 7.98. The normalized spacial score (nSPS) is 15.2. The van der Waals surface area contributed by atoms with Crippen molar-refractivity contribution >= 4 is 29.1 Å². The van der Waals surface area contributed by atoms with E-state index in [-0.39, 0.29) is 0 Å². The summed E-state index contributed by atoms with van der Waals surface area (Å²) in [5.74, 6) is 2.02. The molecule has 8 heteroatoms. The van der Waals surface area contributed by atoms with Crippen LogP contribution in [0.3, 0.4) is 0 Å². The first-order valence-corrected chi connectivity index (χ1v) is 12.9. The lowest BCUT2D eigenvalue weighted by molar-refractivity contribution is 0.460. The van der Waals surface area contributed by atoms with E-state index in [4.69, 9.17) is 4.99 Å². The molecule has 160 valence electrons. The maximum absolute atomic E-state index is 4.74. The number of thiophene rings is 1. The van der Waals surface area contributed by atoms with E-state index in [2.05, 4.69) is 57.6 Å². The second-order valence-corrected chi connectivity index (χ2v) is 9.38. The van der Waals surface area contributed by atoms with Gasteiger partial charge in [-0.05, 0) is 51.0 Å². The average molecular weight is 435 g/mol. The van der Waals surface area contributed by atoms with Crippen LogP contribution in [0.5, 0.6) is 0 Å². The van der Waals surface area contributed by atoms with Gasteiger partial charge in [0.05, 0.1) is 6.54 Å². The SMILES string of the molecule is CCNC(=NCc1ccc(CC)s1)NCCCc1nnc(SC)n1C1CCCC1. The second-order valence-electron chi connectivity index (χ2n) is 7.36. The lowest BCUT2D eigenvalue weighted by Gasteiger charge is -2.16. The molecule has 1 aliphatic rings. The summed E-state index contributed by atoms with van der Waals surface area (Å²) >= 11 is 3.56. The Morgan fingerprint density at radius 2 is 2.00 bits per heavy atom. The van der Waals surface area contributed by atoms with Gasteiger partial charge in [-0.15, -0.1) is 21.5 Å². The first-order valence-electron chi connectivity index (χ1n) is 10.8. The zero-order valence-electron chi connectivity index (χ0n) is 17.9. The van der Waals surface area contributed by atoms with Gasteiger partial charge in [0.15, 0.2) is 11.1 Å². The summed E-state index contributed by atoms with van der Waals surface area (Å²) < 4.78 is 2.40. The van der Waals surface area contributed by atoms with Crippen molar-refractivity contribution in [3.8, 4) is 0 Å². The van der Waals surface area contributed by atoms with Gasteiger partial charge in [0, 0.05) is 35.3 Å². The van der Waals surface area contributed by atoms with Crippen LogP contribution in [0.2, 0.25) is 0 Å². The quantitative estimate of drug-likeness (QED) is 0.251. The van der Waals surface area contributed by atoms with Gasteiger partial charge in [-0.1, -0.05) is 31.5 Å². The average Bonchev–Trinajstić information content (AvgIpc) is 3.49. The van der Waals surface area contributed by atoms with Crippen molar-refractivity contribution < 1.29 is 0 Å². The zero-order valence-corrected chi connectivity index (χ0v) is 19.5. The molecular formula is C21H34N6S2. The molecule has 1 aliphatic carbocycles. The first kappa shape index (κ1) is 22.2. The van der Waals surface area contributed by atoms with Gasteiger partial charge in [-0.3, -0.25) is 0 Å². The Kier molecular flexibility index (Phi) is 8.86. The lowest BCUT2D eigenvalue weighted by Crippen LogP contribution is -2.37. The molecule has 2 aromatic heterocycles. The van der Waals surface area contributed by atoms with E-state index in [0.717, 1.165) is 55.8 Å². The minimum Gasteiger partial charge on any atom is -0.357 e. The number of nitrogens with zero attached hydrogens (tertiary/aromatic N) is 4. The molecule has 0 spiro atoms. The topological polar surface area (TPSA) is 67.1 Å². The van der Waals surface area contributed by atoms with Gasteiger partial charge >= 0.3 is 0 Å². The number of aryl methyl sites for hydroxylation is 2. The summed E-state index contributed by atoms with van der Waals surface area (Å²) in [4.78, 5) is 7.48. The number of thioether (sulfide) groups is 1. The summed E-state index contributed by atoms with van der Waals surface area (Å²) in [6.07, 6.45) is 10.3. The van der Waals surface area contributed by atoms with E-state index in [0.29, 0.717) is 6.04 Å². The standard InChI is InChI=1S/C21H34N6S2/c1-4-17-12-13-18(29-17)15-24-20(22-5-2)23-14-8-11-19-25-26-21(28-3)27(19)16-9-6-7-10-16/h12-13,16H,4-11,14-15H2,1-3H3,(H2,22,23,24). The van der Waals surface area contributed by atoms with Crippen molar-refractivity contribution in [1.82, 2.24) is 25.4 Å². The van der Waals surface area contributed by atoms with Gasteiger partial charge in [-0.2, -0.15) is 0 Å². The molecule has 0 atom stereocenters. The highest BCUT2D eigenvalue weighted by atomic mass is 32.2. The van der Waals surface area contributed by atoms with Crippen molar-refractivity contribution in [3.05, 3.63) is 27.7 Å². The fourth-order valence-corrected chi connectivity index (χ4v) is 5.25. The fraction of sp³-hybridized carbons (Fsp3) is 0.667. The Morgan fingerprint density at radius 1 is 1.21 bits per heavy atom. The van der Waals surface area contributed by atoms with Crippen molar-refractivity contribution in [2.75, 3.05) is 19.3 Å². The molecule has 2 N–H and O–H groups in total. The van der Waals surface area contributed by atoms with Gasteiger partial charge in [0.1, 0.15) is 5.82 Å². The molecule has 29 heavy (non-hydrogen) atoms. The monoisotopic (exact) mass is 434 g/mol. The van der Waals surface area contributed by atoms with E-state index in [1.54, 1.807) is 11.8 Å². The van der Waals surface area contributed by atoms with Crippen molar-refractivity contribution in [2.24, 2.45) is 4.99 Å². The number of aliphatic imine (C=N–C) groups is 1. The molecule has 0 amide bonds. The highest BCUT2D eigenvalue weighted by Crippen LogP contribution is 2.33. The van der Waals surface area contributed by atoms with Crippen LogP contribution in [-0.4, -0.2) is 40.1 Å². The summed E-state index contributed by atoms with van der Waals surface area (Å²) in [5.41, 5.74) is 0. The van der Waals surface area contributed by atoms with Crippen LogP contribution in [0.15, 0.2) is 22.3 Å². The molecule has 0 aliphatic heterocycles. The Bertz CT molecular complexity index is 776. The van der Waals surface area contributed by atoms with Gasteiger partial charge < -0.3 is 15.2 Å². The van der Waals surface area contributed by atoms with Crippen molar-refractivity contribution in [2.45, 2.75) is 76.5 Å². The summed E-state index contributed by atoms with van der Waals surface area (Å²) in [7, 11) is 0. The van der Waals surface area contributed by atoms with E-state index < -0.39 is 0 Å². The maximum atomic E-state index is 4.74. The first-order chi connectivity index (χ1) is 14.2. The third-order valence-electron chi connectivity index (χ3n) is 5.28. The molecule has 6 nitrogen and oxygen atoms in total. The van der Waals surface area contributed by atoms with Crippen LogP contribution < -0.4 is 10.6 Å². The molecule has 1 saturated carbocycles.